The first-order valence-corrected chi connectivity index (χ1v) is 19.2. The third-order valence-electron chi connectivity index (χ3n) is 9.78. The van der Waals surface area contributed by atoms with Crippen molar-refractivity contribution in [2.45, 2.75) is 125 Å². The predicted octanol–water partition coefficient (Wildman–Crippen LogP) is 12.0. The lowest BCUT2D eigenvalue weighted by Gasteiger charge is -2.29. The van der Waals surface area contributed by atoms with Gasteiger partial charge in [-0.3, -0.25) is 14.5 Å². The smallest absolute Gasteiger partial charge is 0.262 e. The van der Waals surface area contributed by atoms with E-state index in [0.29, 0.717) is 17.2 Å². The van der Waals surface area contributed by atoms with Crippen LogP contribution in [0.3, 0.4) is 0 Å². The number of carbonyl (C=O) groups is 2. The quantitative estimate of drug-likeness (QED) is 0.0905. The maximum Gasteiger partial charge on any atom is 0.262 e. The molecule has 234 valence electrons. The molecule has 0 saturated carbocycles. The van der Waals surface area contributed by atoms with Crippen LogP contribution < -0.4 is 0 Å². The normalized spacial score (nSPS) is 15.7. The highest BCUT2D eigenvalue weighted by Gasteiger charge is 2.39. The first-order valence-electron chi connectivity index (χ1n) is 16.7. The molecule has 4 nitrogen and oxygen atoms in total. The van der Waals surface area contributed by atoms with Crippen LogP contribution in [-0.4, -0.2) is 28.3 Å². The molecular formula is C36H50N2O2S3. The van der Waals surface area contributed by atoms with Crippen molar-refractivity contribution in [3.05, 3.63) is 33.0 Å². The maximum atomic E-state index is 13.2. The highest BCUT2D eigenvalue weighted by molar-refractivity contribution is 7.30. The number of amides is 2. The van der Waals surface area contributed by atoms with E-state index < -0.39 is 0 Å². The Morgan fingerprint density at radius 3 is 1.86 bits per heavy atom. The van der Waals surface area contributed by atoms with Gasteiger partial charge in [-0.25, -0.2) is 0 Å². The Balaban J connectivity index is 1.62. The van der Waals surface area contributed by atoms with Crippen molar-refractivity contribution in [1.82, 2.24) is 9.47 Å². The highest BCUT2D eigenvalue weighted by Crippen LogP contribution is 2.50. The summed E-state index contributed by atoms with van der Waals surface area (Å²) in [4.78, 5) is 31.8. The minimum absolute atomic E-state index is 0.161. The molecule has 0 radical (unpaired) electrons. The molecule has 0 aromatic carbocycles. The van der Waals surface area contributed by atoms with Gasteiger partial charge in [-0.1, -0.05) is 91.9 Å². The zero-order valence-corrected chi connectivity index (χ0v) is 29.8. The van der Waals surface area contributed by atoms with Crippen LogP contribution in [-0.2, 0) is 0 Å². The van der Waals surface area contributed by atoms with E-state index in [9.17, 15) is 9.59 Å². The number of fused-ring (bicyclic) bond motifs is 4. The molecule has 0 aliphatic carbocycles. The topological polar surface area (TPSA) is 42.3 Å². The standard InChI is InChI=1S/C36H50N2O2S3/c1-8-12-14-16-24(10-3)19-26(20-25(11-4)17-15-13-9-2)38-27-18-22(5)41-32(27)33-28(38)21-29(43-33)34-31-30(23(6)42-34)35(39)37(7)36(31)40/h18,21,24-26H,8-17,19-20H2,1-7H3. The molecule has 43 heavy (non-hydrogen) atoms. The Morgan fingerprint density at radius 1 is 0.721 bits per heavy atom. The highest BCUT2D eigenvalue weighted by atomic mass is 32.1. The van der Waals surface area contributed by atoms with Gasteiger partial charge in [-0.15, -0.1) is 34.0 Å². The van der Waals surface area contributed by atoms with Crippen LogP contribution in [0.1, 0.15) is 141 Å². The predicted molar refractivity (Wildman–Crippen MR) is 189 cm³/mol. The van der Waals surface area contributed by atoms with E-state index in [4.69, 9.17) is 0 Å². The Kier molecular flexibility index (Phi) is 10.6. The second-order valence-corrected chi connectivity index (χ2v) is 16.4. The van der Waals surface area contributed by atoms with E-state index >= 15 is 0 Å². The van der Waals surface area contributed by atoms with Gasteiger partial charge in [0.25, 0.3) is 11.8 Å². The summed E-state index contributed by atoms with van der Waals surface area (Å²) in [6.45, 7) is 13.6. The Bertz CT molecular complexity index is 1560. The van der Waals surface area contributed by atoms with Crippen LogP contribution >= 0.6 is 34.0 Å². The number of thiophene rings is 3. The largest absolute Gasteiger partial charge is 0.336 e. The first-order chi connectivity index (χ1) is 20.7. The summed E-state index contributed by atoms with van der Waals surface area (Å²) in [5.74, 6) is 1.14. The SMILES string of the molecule is CCCCCC(CC)CC(CC(CC)CCCCC)n1c2cc(C)sc2c2sc(-c3sc(C)c4c3C(=O)N(C)C4=O)cc21. The molecule has 0 bridgehead atoms. The van der Waals surface area contributed by atoms with E-state index in [1.54, 1.807) is 18.4 Å². The molecule has 5 rings (SSSR count). The zero-order valence-electron chi connectivity index (χ0n) is 27.3. The molecule has 0 N–H and O–H groups in total. The minimum atomic E-state index is -0.163. The number of aryl methyl sites for hydroxylation is 2. The Labute approximate surface area is 270 Å². The zero-order chi connectivity index (χ0) is 30.8. The number of carbonyl (C=O) groups excluding carboxylic acids is 2. The lowest BCUT2D eigenvalue weighted by atomic mass is 9.85. The molecule has 0 fully saturated rings. The molecule has 2 amide bonds. The van der Waals surface area contributed by atoms with Crippen molar-refractivity contribution in [3.8, 4) is 9.75 Å². The number of hydrogen-bond donors (Lipinski definition) is 0. The van der Waals surface area contributed by atoms with Gasteiger partial charge in [0, 0.05) is 27.7 Å². The van der Waals surface area contributed by atoms with Crippen molar-refractivity contribution < 1.29 is 9.59 Å². The monoisotopic (exact) mass is 638 g/mol. The van der Waals surface area contributed by atoms with Gasteiger partial charge in [0.2, 0.25) is 0 Å². The molecule has 1 aliphatic heterocycles. The number of rotatable bonds is 16. The number of aromatic nitrogens is 1. The average molecular weight is 639 g/mol. The summed E-state index contributed by atoms with van der Waals surface area (Å²) >= 11 is 5.33. The van der Waals surface area contributed by atoms with E-state index in [2.05, 4.69) is 51.3 Å². The van der Waals surface area contributed by atoms with Crippen molar-refractivity contribution in [3.63, 3.8) is 0 Å². The average Bonchev–Trinajstić information content (AvgIpc) is 3.77. The van der Waals surface area contributed by atoms with Crippen LogP contribution in [0.5, 0.6) is 0 Å². The van der Waals surface area contributed by atoms with Gasteiger partial charge in [0.1, 0.15) is 0 Å². The van der Waals surface area contributed by atoms with Crippen molar-refractivity contribution in [2.24, 2.45) is 11.8 Å². The van der Waals surface area contributed by atoms with E-state index in [1.165, 1.54) is 107 Å². The van der Waals surface area contributed by atoms with E-state index in [1.807, 2.05) is 29.6 Å². The molecule has 2 unspecified atom stereocenters. The lowest BCUT2D eigenvalue weighted by Crippen LogP contribution is -2.24. The second kappa shape index (κ2) is 14.0. The lowest BCUT2D eigenvalue weighted by molar-refractivity contribution is 0.0693. The number of nitrogens with zero attached hydrogens (tertiary/aromatic N) is 2. The van der Waals surface area contributed by atoms with Gasteiger partial charge in [-0.05, 0) is 50.7 Å². The van der Waals surface area contributed by atoms with Crippen LogP contribution in [0.4, 0.5) is 0 Å². The van der Waals surface area contributed by atoms with Crippen molar-refractivity contribution in [1.29, 1.82) is 0 Å². The third kappa shape index (κ3) is 6.28. The molecule has 1 aliphatic rings. The minimum Gasteiger partial charge on any atom is -0.336 e. The van der Waals surface area contributed by atoms with Crippen LogP contribution in [0.25, 0.3) is 30.2 Å². The molecule has 0 spiro atoms. The van der Waals surface area contributed by atoms with E-state index in [0.717, 1.165) is 26.5 Å². The molecule has 2 atom stereocenters. The summed E-state index contributed by atoms with van der Waals surface area (Å²) < 4.78 is 5.45. The van der Waals surface area contributed by atoms with E-state index in [-0.39, 0.29) is 11.8 Å². The van der Waals surface area contributed by atoms with Crippen molar-refractivity contribution in [2.75, 3.05) is 7.05 Å². The fourth-order valence-electron chi connectivity index (χ4n) is 7.23. The first kappa shape index (κ1) is 32.4. The van der Waals surface area contributed by atoms with Gasteiger partial charge in [0.05, 0.1) is 36.4 Å². The fourth-order valence-corrected chi connectivity index (χ4v) is 10.8. The summed E-state index contributed by atoms with van der Waals surface area (Å²) in [6, 6.07) is 5.23. The van der Waals surface area contributed by atoms with Gasteiger partial charge in [0.15, 0.2) is 0 Å². The van der Waals surface area contributed by atoms with Gasteiger partial charge >= 0.3 is 0 Å². The number of imide groups is 1. The number of unbranched alkanes of at least 4 members (excludes halogenated alkanes) is 4. The molecular weight excluding hydrogens is 589 g/mol. The Morgan fingerprint density at radius 2 is 1.28 bits per heavy atom. The van der Waals surface area contributed by atoms with Gasteiger partial charge < -0.3 is 4.57 Å². The van der Waals surface area contributed by atoms with Gasteiger partial charge in [-0.2, -0.15) is 0 Å². The van der Waals surface area contributed by atoms with Crippen LogP contribution in [0, 0.1) is 25.7 Å². The summed E-state index contributed by atoms with van der Waals surface area (Å²) in [7, 11) is 1.61. The van der Waals surface area contributed by atoms with Crippen molar-refractivity contribution >= 4 is 66.3 Å². The molecule has 0 saturated heterocycles. The van der Waals surface area contributed by atoms with Crippen LogP contribution in [0.15, 0.2) is 12.1 Å². The third-order valence-corrected chi connectivity index (χ3v) is 13.4. The molecule has 7 heteroatoms. The molecule has 5 heterocycles. The summed E-state index contributed by atoms with van der Waals surface area (Å²) in [6.07, 6.45) is 15.4. The Hall–Kier alpha value is -1.96. The van der Waals surface area contributed by atoms with Crippen LogP contribution in [0.2, 0.25) is 0 Å². The molecule has 4 aromatic heterocycles. The summed E-state index contributed by atoms with van der Waals surface area (Å²) in [5, 5.41) is 0. The number of hydrogen-bond acceptors (Lipinski definition) is 5. The maximum absolute atomic E-state index is 13.2. The molecule has 4 aromatic rings. The summed E-state index contributed by atoms with van der Waals surface area (Å²) in [5.41, 5.74) is 3.94. The fraction of sp³-hybridized carbons (Fsp3) is 0.611. The second-order valence-electron chi connectivity index (χ2n) is 12.8.